The Kier molecular flexibility index (Phi) is 3.09. The molecule has 0 spiro atoms. The van der Waals surface area contributed by atoms with Gasteiger partial charge in [0.05, 0.1) is 6.54 Å². The lowest BCUT2D eigenvalue weighted by atomic mass is 10.0. The van der Waals surface area contributed by atoms with Crippen LogP contribution in [0.4, 0.5) is 5.69 Å². The summed E-state index contributed by atoms with van der Waals surface area (Å²) < 4.78 is 0. The highest BCUT2D eigenvalue weighted by Crippen LogP contribution is 2.30. The third-order valence-electron chi connectivity index (χ3n) is 4.07. The van der Waals surface area contributed by atoms with E-state index in [1.54, 1.807) is 0 Å². The van der Waals surface area contributed by atoms with Gasteiger partial charge in [-0.25, -0.2) is 0 Å². The van der Waals surface area contributed by atoms with Crippen molar-refractivity contribution in [1.82, 2.24) is 0 Å². The maximum atomic E-state index is 12.5. The molecule has 0 radical (unpaired) electrons. The first kappa shape index (κ1) is 12.9. The fraction of sp³-hybridized carbons (Fsp3) is 0.278. The second-order valence-electron chi connectivity index (χ2n) is 5.74. The van der Waals surface area contributed by atoms with E-state index in [1.807, 2.05) is 17.0 Å². The molecule has 2 aromatic rings. The zero-order chi connectivity index (χ0) is 14.3. The van der Waals surface area contributed by atoms with E-state index in [2.05, 4.69) is 51.1 Å². The van der Waals surface area contributed by atoms with Crippen LogP contribution in [0, 0.1) is 6.92 Å². The van der Waals surface area contributed by atoms with Crippen LogP contribution in [0.1, 0.15) is 46.8 Å². The predicted octanol–water partition coefficient (Wildman–Crippen LogP) is 4.28. The fourth-order valence-corrected chi connectivity index (χ4v) is 2.74. The van der Waals surface area contributed by atoms with Gasteiger partial charge in [0.25, 0.3) is 5.91 Å². The van der Waals surface area contributed by atoms with Gasteiger partial charge in [-0.3, -0.25) is 4.79 Å². The third-order valence-corrected chi connectivity index (χ3v) is 4.07. The second-order valence-corrected chi connectivity index (χ2v) is 5.74. The van der Waals surface area contributed by atoms with Crippen LogP contribution in [-0.4, -0.2) is 5.91 Å². The first-order chi connectivity index (χ1) is 9.58. The first-order valence-corrected chi connectivity index (χ1v) is 7.08. The van der Waals surface area contributed by atoms with Crippen molar-refractivity contribution >= 4 is 11.6 Å². The molecule has 0 bridgehead atoms. The number of aryl methyl sites for hydroxylation is 1. The van der Waals surface area contributed by atoms with Crippen molar-refractivity contribution in [1.29, 1.82) is 0 Å². The van der Waals surface area contributed by atoms with Gasteiger partial charge in [-0.05, 0) is 47.7 Å². The monoisotopic (exact) mass is 265 g/mol. The topological polar surface area (TPSA) is 20.3 Å². The molecule has 0 atom stereocenters. The van der Waals surface area contributed by atoms with Crippen molar-refractivity contribution in [3.05, 3.63) is 64.7 Å². The molecular weight excluding hydrogens is 246 g/mol. The number of carbonyl (C=O) groups excluding carboxylic acids is 1. The maximum absolute atomic E-state index is 12.5. The van der Waals surface area contributed by atoms with E-state index < -0.39 is 0 Å². The second kappa shape index (κ2) is 4.78. The van der Waals surface area contributed by atoms with Crippen LogP contribution < -0.4 is 4.90 Å². The van der Waals surface area contributed by atoms with Crippen LogP contribution in [0.25, 0.3) is 0 Å². The summed E-state index contributed by atoms with van der Waals surface area (Å²) in [6.07, 6.45) is 0. The minimum Gasteiger partial charge on any atom is -0.304 e. The summed E-state index contributed by atoms with van der Waals surface area (Å²) in [5, 5.41) is 0. The zero-order valence-electron chi connectivity index (χ0n) is 12.2. The van der Waals surface area contributed by atoms with Crippen LogP contribution in [-0.2, 0) is 6.54 Å². The Labute approximate surface area is 120 Å². The molecule has 102 valence electrons. The van der Waals surface area contributed by atoms with Crippen molar-refractivity contribution in [2.45, 2.75) is 33.2 Å². The Morgan fingerprint density at radius 3 is 2.35 bits per heavy atom. The van der Waals surface area contributed by atoms with Gasteiger partial charge in [-0.1, -0.05) is 38.1 Å². The standard InChI is InChI=1S/C18H19NO/c1-12(2)14-7-9-15(10-8-14)19-11-17-13(3)5-4-6-16(17)18(19)20/h4-10,12H,11H2,1-3H3. The van der Waals surface area contributed by atoms with Crippen LogP contribution >= 0.6 is 0 Å². The summed E-state index contributed by atoms with van der Waals surface area (Å²) in [5.41, 5.74) is 5.48. The lowest BCUT2D eigenvalue weighted by molar-refractivity contribution is 0.0996. The molecular formula is C18H19NO. The zero-order valence-corrected chi connectivity index (χ0v) is 12.2. The first-order valence-electron chi connectivity index (χ1n) is 7.08. The van der Waals surface area contributed by atoms with Gasteiger partial charge in [0.15, 0.2) is 0 Å². The number of anilines is 1. The smallest absolute Gasteiger partial charge is 0.258 e. The number of fused-ring (bicyclic) bond motifs is 1. The summed E-state index contributed by atoms with van der Waals surface area (Å²) >= 11 is 0. The van der Waals surface area contributed by atoms with Gasteiger partial charge in [0.2, 0.25) is 0 Å². The molecule has 20 heavy (non-hydrogen) atoms. The van der Waals surface area contributed by atoms with E-state index in [0.29, 0.717) is 12.5 Å². The van der Waals surface area contributed by atoms with E-state index in [0.717, 1.165) is 16.8 Å². The van der Waals surface area contributed by atoms with E-state index in [9.17, 15) is 4.79 Å². The lowest BCUT2D eigenvalue weighted by Gasteiger charge is -2.17. The van der Waals surface area contributed by atoms with Crippen molar-refractivity contribution < 1.29 is 4.79 Å². The van der Waals surface area contributed by atoms with E-state index in [4.69, 9.17) is 0 Å². The normalized spacial score (nSPS) is 14.0. The summed E-state index contributed by atoms with van der Waals surface area (Å²) in [6, 6.07) is 14.3. The van der Waals surface area contributed by atoms with Gasteiger partial charge in [0, 0.05) is 11.3 Å². The van der Waals surface area contributed by atoms with Gasteiger partial charge in [0.1, 0.15) is 0 Å². The molecule has 1 heterocycles. The molecule has 2 nitrogen and oxygen atoms in total. The van der Waals surface area contributed by atoms with Crippen molar-refractivity contribution in [2.24, 2.45) is 0 Å². The van der Waals surface area contributed by atoms with E-state index >= 15 is 0 Å². The average Bonchev–Trinajstić information content (AvgIpc) is 2.78. The minimum atomic E-state index is 0.112. The molecule has 0 saturated heterocycles. The van der Waals surface area contributed by atoms with Crippen molar-refractivity contribution in [3.8, 4) is 0 Å². The number of nitrogens with zero attached hydrogens (tertiary/aromatic N) is 1. The summed E-state index contributed by atoms with van der Waals surface area (Å²) in [7, 11) is 0. The van der Waals surface area contributed by atoms with Gasteiger partial charge in [-0.2, -0.15) is 0 Å². The number of carbonyl (C=O) groups is 1. The lowest BCUT2D eigenvalue weighted by Crippen LogP contribution is -2.22. The fourth-order valence-electron chi connectivity index (χ4n) is 2.74. The molecule has 1 amide bonds. The summed E-state index contributed by atoms with van der Waals surface area (Å²) in [5.74, 6) is 0.624. The highest BCUT2D eigenvalue weighted by molar-refractivity contribution is 6.10. The Morgan fingerprint density at radius 1 is 1.05 bits per heavy atom. The quantitative estimate of drug-likeness (QED) is 0.793. The molecule has 0 fully saturated rings. The molecule has 0 aliphatic carbocycles. The predicted molar refractivity (Wildman–Crippen MR) is 82.2 cm³/mol. The summed E-state index contributed by atoms with van der Waals surface area (Å²) in [4.78, 5) is 14.4. The Hall–Kier alpha value is -2.09. The van der Waals surface area contributed by atoms with Gasteiger partial charge >= 0.3 is 0 Å². The van der Waals surface area contributed by atoms with Gasteiger partial charge < -0.3 is 4.90 Å². The SMILES string of the molecule is Cc1cccc2c1CN(c1ccc(C(C)C)cc1)C2=O. The molecule has 1 aliphatic rings. The highest BCUT2D eigenvalue weighted by atomic mass is 16.2. The molecule has 0 aromatic heterocycles. The molecule has 0 unspecified atom stereocenters. The third kappa shape index (κ3) is 2.01. The molecule has 1 aliphatic heterocycles. The van der Waals surface area contributed by atoms with Gasteiger partial charge in [-0.15, -0.1) is 0 Å². The molecule has 2 heteroatoms. The highest BCUT2D eigenvalue weighted by Gasteiger charge is 2.29. The largest absolute Gasteiger partial charge is 0.304 e. The maximum Gasteiger partial charge on any atom is 0.258 e. The average molecular weight is 265 g/mol. The summed E-state index contributed by atoms with van der Waals surface area (Å²) in [6.45, 7) is 7.10. The van der Waals surface area contributed by atoms with E-state index in [-0.39, 0.29) is 5.91 Å². The minimum absolute atomic E-state index is 0.112. The van der Waals surface area contributed by atoms with E-state index in [1.165, 1.54) is 11.1 Å². The van der Waals surface area contributed by atoms with Crippen LogP contribution in [0.15, 0.2) is 42.5 Å². The van der Waals surface area contributed by atoms with Crippen molar-refractivity contribution in [2.75, 3.05) is 4.90 Å². The molecule has 3 rings (SSSR count). The number of hydrogen-bond donors (Lipinski definition) is 0. The Bertz CT molecular complexity index is 656. The van der Waals surface area contributed by atoms with Crippen LogP contribution in [0.5, 0.6) is 0 Å². The number of benzene rings is 2. The number of rotatable bonds is 2. The molecule has 0 saturated carbocycles. The Morgan fingerprint density at radius 2 is 1.75 bits per heavy atom. The number of hydrogen-bond acceptors (Lipinski definition) is 1. The number of amides is 1. The Balaban J connectivity index is 1.94. The molecule has 0 N–H and O–H groups in total. The van der Waals surface area contributed by atoms with Crippen LogP contribution in [0.2, 0.25) is 0 Å². The van der Waals surface area contributed by atoms with Crippen molar-refractivity contribution in [3.63, 3.8) is 0 Å². The molecule has 2 aromatic carbocycles. The van der Waals surface area contributed by atoms with Crippen LogP contribution in [0.3, 0.4) is 0 Å².